The second-order valence-electron chi connectivity index (χ2n) is 5.41. The van der Waals surface area contributed by atoms with Crippen molar-refractivity contribution in [1.29, 1.82) is 0 Å². The standard InChI is InChI=1S/C17H14F4N4O2S/c1-3-28-17-24-23-9(2)25(17)22-7-10-4-5-11(27-10)8-26-16-14(20)12(18)6-13(19)15(16)21/h4-7H,3,8H2,1-2H3/b22-7+. The van der Waals surface area contributed by atoms with E-state index in [-0.39, 0.29) is 11.8 Å². The van der Waals surface area contributed by atoms with Gasteiger partial charge < -0.3 is 9.15 Å². The molecule has 0 saturated heterocycles. The van der Waals surface area contributed by atoms with Gasteiger partial charge in [0.1, 0.15) is 18.1 Å². The molecule has 0 fully saturated rings. The molecule has 0 unspecified atom stereocenters. The van der Waals surface area contributed by atoms with E-state index < -0.39 is 35.6 Å². The average molecular weight is 414 g/mol. The molecule has 2 heterocycles. The molecule has 1 aromatic carbocycles. The Morgan fingerprint density at radius 3 is 2.57 bits per heavy atom. The number of ether oxygens (including phenoxy) is 1. The van der Waals surface area contributed by atoms with E-state index >= 15 is 0 Å². The summed E-state index contributed by atoms with van der Waals surface area (Å²) < 4.78 is 65.4. The molecular formula is C17H14F4N4O2S. The summed E-state index contributed by atoms with van der Waals surface area (Å²) in [5.74, 6) is -5.60. The van der Waals surface area contributed by atoms with Gasteiger partial charge in [0.2, 0.25) is 16.8 Å². The first-order valence-electron chi connectivity index (χ1n) is 8.04. The van der Waals surface area contributed by atoms with Gasteiger partial charge in [-0.15, -0.1) is 10.2 Å². The highest BCUT2D eigenvalue weighted by molar-refractivity contribution is 7.99. The van der Waals surface area contributed by atoms with Gasteiger partial charge in [0.25, 0.3) is 0 Å². The number of hydrogen-bond acceptors (Lipinski definition) is 6. The Bertz CT molecular complexity index is 993. The summed E-state index contributed by atoms with van der Waals surface area (Å²) >= 11 is 1.47. The maximum Gasteiger partial charge on any atom is 0.212 e. The fourth-order valence-electron chi connectivity index (χ4n) is 2.17. The van der Waals surface area contributed by atoms with Gasteiger partial charge in [0, 0.05) is 6.07 Å². The molecule has 3 aromatic rings. The van der Waals surface area contributed by atoms with Crippen LogP contribution in [-0.2, 0) is 6.61 Å². The number of rotatable bonds is 7. The van der Waals surface area contributed by atoms with Gasteiger partial charge in [-0.05, 0) is 24.8 Å². The van der Waals surface area contributed by atoms with Crippen molar-refractivity contribution in [2.24, 2.45) is 5.10 Å². The Balaban J connectivity index is 1.71. The van der Waals surface area contributed by atoms with Crippen LogP contribution in [0.15, 0.2) is 32.9 Å². The summed E-state index contributed by atoms with van der Waals surface area (Å²) in [6.07, 6.45) is 1.41. The van der Waals surface area contributed by atoms with E-state index in [1.165, 1.54) is 28.7 Å². The van der Waals surface area contributed by atoms with Crippen LogP contribution in [0.1, 0.15) is 24.3 Å². The van der Waals surface area contributed by atoms with E-state index in [0.717, 1.165) is 5.75 Å². The van der Waals surface area contributed by atoms with E-state index in [0.29, 0.717) is 16.7 Å². The number of thioether (sulfide) groups is 1. The molecule has 3 rings (SSSR count). The van der Waals surface area contributed by atoms with Crippen LogP contribution < -0.4 is 4.74 Å². The van der Waals surface area contributed by atoms with Crippen molar-refractivity contribution < 1.29 is 26.7 Å². The number of furan rings is 1. The molecule has 2 aromatic heterocycles. The molecule has 0 aliphatic rings. The molecule has 0 atom stereocenters. The third kappa shape index (κ3) is 4.19. The quantitative estimate of drug-likeness (QED) is 0.250. The van der Waals surface area contributed by atoms with Crippen molar-refractivity contribution >= 4 is 18.0 Å². The third-order valence-corrected chi connectivity index (χ3v) is 4.26. The molecule has 0 aliphatic heterocycles. The van der Waals surface area contributed by atoms with Gasteiger partial charge in [-0.3, -0.25) is 0 Å². The Kier molecular flexibility index (Phi) is 6.02. The maximum atomic E-state index is 13.6. The lowest BCUT2D eigenvalue weighted by molar-refractivity contribution is 0.237. The number of nitrogens with zero attached hydrogens (tertiary/aromatic N) is 4. The topological polar surface area (TPSA) is 65.4 Å². The van der Waals surface area contributed by atoms with E-state index in [1.807, 2.05) is 6.92 Å². The fourth-order valence-corrected chi connectivity index (χ4v) is 2.83. The van der Waals surface area contributed by atoms with Crippen LogP contribution in [0.4, 0.5) is 17.6 Å². The zero-order valence-electron chi connectivity index (χ0n) is 14.7. The lowest BCUT2D eigenvalue weighted by Gasteiger charge is -2.08. The van der Waals surface area contributed by atoms with Gasteiger partial charge in [-0.25, -0.2) is 8.78 Å². The largest absolute Gasteiger partial charge is 0.479 e. The molecule has 6 nitrogen and oxygen atoms in total. The van der Waals surface area contributed by atoms with Crippen LogP contribution in [0.3, 0.4) is 0 Å². The monoisotopic (exact) mass is 414 g/mol. The summed E-state index contributed by atoms with van der Waals surface area (Å²) in [6.45, 7) is 3.28. The van der Waals surface area contributed by atoms with Crippen molar-refractivity contribution in [3.8, 4) is 5.75 Å². The second kappa shape index (κ2) is 8.46. The SMILES string of the molecule is CCSc1nnc(C)n1/N=C/c1ccc(COc2c(F)c(F)cc(F)c2F)o1. The first-order valence-corrected chi connectivity index (χ1v) is 9.03. The molecule has 0 N–H and O–H groups in total. The third-order valence-electron chi connectivity index (χ3n) is 3.45. The second-order valence-corrected chi connectivity index (χ2v) is 6.64. The van der Waals surface area contributed by atoms with Crippen molar-refractivity contribution in [3.05, 3.63) is 58.8 Å². The summed E-state index contributed by atoms with van der Waals surface area (Å²) in [4.78, 5) is 0. The summed E-state index contributed by atoms with van der Waals surface area (Å²) in [5, 5.41) is 12.8. The van der Waals surface area contributed by atoms with Crippen molar-refractivity contribution in [1.82, 2.24) is 14.9 Å². The van der Waals surface area contributed by atoms with Crippen LogP contribution in [0.5, 0.6) is 5.75 Å². The van der Waals surface area contributed by atoms with E-state index in [1.54, 1.807) is 13.0 Å². The molecule has 0 amide bonds. The molecule has 148 valence electrons. The van der Waals surface area contributed by atoms with Crippen LogP contribution in [0, 0.1) is 30.2 Å². The molecule has 0 radical (unpaired) electrons. The number of halogens is 4. The number of benzene rings is 1. The average Bonchev–Trinajstić information content (AvgIpc) is 3.25. The Morgan fingerprint density at radius 1 is 1.18 bits per heavy atom. The fraction of sp³-hybridized carbons (Fsp3) is 0.235. The minimum atomic E-state index is -1.61. The summed E-state index contributed by atoms with van der Waals surface area (Å²) in [5.41, 5.74) is 0. The minimum absolute atomic E-state index is 0.108. The maximum absolute atomic E-state index is 13.6. The summed E-state index contributed by atoms with van der Waals surface area (Å²) in [6, 6.07) is 3.14. The van der Waals surface area contributed by atoms with Gasteiger partial charge in [0.05, 0.1) is 6.21 Å². The summed E-state index contributed by atoms with van der Waals surface area (Å²) in [7, 11) is 0. The predicted octanol–water partition coefficient (Wildman–Crippen LogP) is 4.31. The Labute approximate surface area is 161 Å². The molecule has 0 saturated carbocycles. The zero-order chi connectivity index (χ0) is 20.3. The number of hydrogen-bond donors (Lipinski definition) is 0. The van der Waals surface area contributed by atoms with Crippen molar-refractivity contribution in [3.63, 3.8) is 0 Å². The predicted molar refractivity (Wildman–Crippen MR) is 93.5 cm³/mol. The lowest BCUT2D eigenvalue weighted by Crippen LogP contribution is -2.03. The normalized spacial score (nSPS) is 11.5. The molecule has 28 heavy (non-hydrogen) atoms. The van der Waals surface area contributed by atoms with Crippen molar-refractivity contribution in [2.45, 2.75) is 25.6 Å². The van der Waals surface area contributed by atoms with E-state index in [2.05, 4.69) is 15.3 Å². The van der Waals surface area contributed by atoms with E-state index in [4.69, 9.17) is 9.15 Å². The first-order chi connectivity index (χ1) is 13.4. The molecule has 0 aliphatic carbocycles. The molecule has 0 bridgehead atoms. The molecule has 11 heteroatoms. The van der Waals surface area contributed by atoms with E-state index in [9.17, 15) is 17.6 Å². The van der Waals surface area contributed by atoms with Crippen LogP contribution in [0.2, 0.25) is 0 Å². The highest BCUT2D eigenvalue weighted by Gasteiger charge is 2.21. The minimum Gasteiger partial charge on any atom is -0.479 e. The number of aryl methyl sites for hydroxylation is 1. The van der Waals surface area contributed by atoms with Crippen LogP contribution >= 0.6 is 11.8 Å². The van der Waals surface area contributed by atoms with Gasteiger partial charge >= 0.3 is 0 Å². The highest BCUT2D eigenvalue weighted by Crippen LogP contribution is 2.27. The van der Waals surface area contributed by atoms with Gasteiger partial charge in [-0.1, -0.05) is 18.7 Å². The highest BCUT2D eigenvalue weighted by atomic mass is 32.2. The van der Waals surface area contributed by atoms with Crippen LogP contribution in [-0.4, -0.2) is 26.8 Å². The number of aromatic nitrogens is 3. The first kappa shape index (κ1) is 19.9. The van der Waals surface area contributed by atoms with Crippen molar-refractivity contribution in [2.75, 3.05) is 5.75 Å². The Hall–Kier alpha value is -2.82. The Morgan fingerprint density at radius 2 is 1.89 bits per heavy atom. The lowest BCUT2D eigenvalue weighted by atomic mass is 10.3. The molecular weight excluding hydrogens is 400 g/mol. The van der Waals surface area contributed by atoms with Gasteiger partial charge in [0.15, 0.2) is 23.2 Å². The van der Waals surface area contributed by atoms with Crippen LogP contribution in [0.25, 0.3) is 0 Å². The zero-order valence-corrected chi connectivity index (χ0v) is 15.6. The smallest absolute Gasteiger partial charge is 0.212 e. The molecule has 0 spiro atoms. The van der Waals surface area contributed by atoms with Gasteiger partial charge in [-0.2, -0.15) is 18.6 Å².